The summed E-state index contributed by atoms with van der Waals surface area (Å²) in [7, 11) is 0. The molecule has 41 heavy (non-hydrogen) atoms. The van der Waals surface area contributed by atoms with Gasteiger partial charge in [0.05, 0.1) is 22.2 Å². The van der Waals surface area contributed by atoms with Crippen molar-refractivity contribution in [3.8, 4) is 50.2 Å². The summed E-state index contributed by atoms with van der Waals surface area (Å²) in [6, 6.07) is 50.8. The third-order valence-electron chi connectivity index (χ3n) is 8.60. The maximum Gasteiger partial charge on any atom is 0.0708 e. The molecular formula is C39H24N2. The first-order chi connectivity index (χ1) is 20.4. The van der Waals surface area contributed by atoms with Crippen molar-refractivity contribution < 1.29 is 0 Å². The number of hydrogen-bond acceptors (Lipinski definition) is 1. The zero-order valence-corrected chi connectivity index (χ0v) is 22.3. The Morgan fingerprint density at radius 1 is 0.415 bits per heavy atom. The number of rotatable bonds is 1. The molecule has 2 heterocycles. The van der Waals surface area contributed by atoms with E-state index in [4.69, 9.17) is 4.98 Å². The van der Waals surface area contributed by atoms with Crippen LogP contribution in [0.15, 0.2) is 146 Å². The summed E-state index contributed by atoms with van der Waals surface area (Å²) in [5.74, 6) is 0. The van der Waals surface area contributed by atoms with Crippen molar-refractivity contribution in [3.63, 3.8) is 0 Å². The molecule has 9 rings (SSSR count). The quantitative estimate of drug-likeness (QED) is 0.210. The van der Waals surface area contributed by atoms with E-state index >= 15 is 0 Å². The fourth-order valence-electron chi connectivity index (χ4n) is 6.87. The molecule has 0 radical (unpaired) electrons. The Morgan fingerprint density at radius 2 is 0.976 bits per heavy atom. The van der Waals surface area contributed by atoms with Crippen LogP contribution in [0.4, 0.5) is 0 Å². The molecule has 0 amide bonds. The maximum atomic E-state index is 4.77. The van der Waals surface area contributed by atoms with Crippen LogP contribution in [0.1, 0.15) is 0 Å². The molecule has 2 nitrogen and oxygen atoms in total. The van der Waals surface area contributed by atoms with Gasteiger partial charge in [0, 0.05) is 27.9 Å². The van der Waals surface area contributed by atoms with Gasteiger partial charge < -0.3 is 4.57 Å². The monoisotopic (exact) mass is 520 g/mol. The predicted molar refractivity (Wildman–Crippen MR) is 171 cm³/mol. The molecule has 0 N–H and O–H groups in total. The van der Waals surface area contributed by atoms with Crippen molar-refractivity contribution in [2.45, 2.75) is 0 Å². The molecule has 8 aromatic rings. The predicted octanol–water partition coefficient (Wildman–Crippen LogP) is 10.3. The van der Waals surface area contributed by atoms with E-state index in [1.165, 1.54) is 72.0 Å². The van der Waals surface area contributed by atoms with Gasteiger partial charge in [0.15, 0.2) is 0 Å². The van der Waals surface area contributed by atoms with Crippen molar-refractivity contribution in [2.24, 2.45) is 0 Å². The summed E-state index contributed by atoms with van der Waals surface area (Å²) in [6.45, 7) is 0. The van der Waals surface area contributed by atoms with Gasteiger partial charge in [0.2, 0.25) is 0 Å². The smallest absolute Gasteiger partial charge is 0.0708 e. The lowest BCUT2D eigenvalue weighted by Crippen LogP contribution is -2.03. The SMILES string of the molecule is c1ccc2c(c1)-c1cc3cccnc3cc1-c1cccc(-n3c4ccccc4c4ccccc43)c1-c1ccccc1-2. The average molecular weight is 521 g/mol. The van der Waals surface area contributed by atoms with Gasteiger partial charge in [-0.05, 0) is 75.3 Å². The molecule has 0 fully saturated rings. The van der Waals surface area contributed by atoms with E-state index in [1.54, 1.807) is 0 Å². The Labute approximate surface area is 237 Å². The molecule has 6 aromatic carbocycles. The number of benzene rings is 6. The summed E-state index contributed by atoms with van der Waals surface area (Å²) in [5.41, 5.74) is 14.5. The maximum absolute atomic E-state index is 4.77. The first-order valence-corrected chi connectivity index (χ1v) is 14.1. The lowest BCUT2D eigenvalue weighted by Gasteiger charge is -2.26. The molecule has 2 aromatic heterocycles. The Bertz CT molecular complexity index is 2270. The Hall–Kier alpha value is -5.47. The summed E-state index contributed by atoms with van der Waals surface area (Å²) >= 11 is 0. The third-order valence-corrected chi connectivity index (χ3v) is 8.60. The minimum atomic E-state index is 1.01. The summed E-state index contributed by atoms with van der Waals surface area (Å²) in [6.07, 6.45) is 1.89. The van der Waals surface area contributed by atoms with Crippen LogP contribution in [0.2, 0.25) is 0 Å². The number of para-hydroxylation sites is 2. The lowest BCUT2D eigenvalue weighted by molar-refractivity contribution is 1.18. The van der Waals surface area contributed by atoms with E-state index in [0.29, 0.717) is 0 Å². The second-order valence-electron chi connectivity index (χ2n) is 10.8. The molecule has 0 spiro atoms. The zero-order valence-electron chi connectivity index (χ0n) is 22.3. The highest BCUT2D eigenvalue weighted by atomic mass is 15.0. The number of pyridine rings is 1. The Kier molecular flexibility index (Phi) is 4.64. The van der Waals surface area contributed by atoms with Crippen LogP contribution >= 0.6 is 0 Å². The molecule has 190 valence electrons. The molecule has 0 saturated carbocycles. The van der Waals surface area contributed by atoms with Crippen molar-refractivity contribution >= 4 is 32.7 Å². The van der Waals surface area contributed by atoms with Gasteiger partial charge in [0.1, 0.15) is 0 Å². The van der Waals surface area contributed by atoms with Crippen LogP contribution in [0.3, 0.4) is 0 Å². The topological polar surface area (TPSA) is 17.8 Å². The molecule has 0 unspecified atom stereocenters. The van der Waals surface area contributed by atoms with Gasteiger partial charge in [-0.15, -0.1) is 0 Å². The molecule has 1 aliphatic rings. The highest BCUT2D eigenvalue weighted by Crippen LogP contribution is 2.50. The molecule has 1 aliphatic carbocycles. The van der Waals surface area contributed by atoms with E-state index in [-0.39, 0.29) is 0 Å². The first kappa shape index (κ1) is 22.4. The normalized spacial score (nSPS) is 11.9. The van der Waals surface area contributed by atoms with Gasteiger partial charge in [-0.1, -0.05) is 103 Å². The van der Waals surface area contributed by atoms with Gasteiger partial charge in [-0.2, -0.15) is 0 Å². The molecular weight excluding hydrogens is 496 g/mol. The number of nitrogens with zero attached hydrogens (tertiary/aromatic N) is 2. The average Bonchev–Trinajstić information content (AvgIpc) is 3.37. The van der Waals surface area contributed by atoms with Crippen molar-refractivity contribution in [3.05, 3.63) is 146 Å². The van der Waals surface area contributed by atoms with E-state index in [9.17, 15) is 0 Å². The third kappa shape index (κ3) is 3.16. The van der Waals surface area contributed by atoms with Crippen LogP contribution in [0, 0.1) is 0 Å². The lowest BCUT2D eigenvalue weighted by atomic mass is 9.80. The van der Waals surface area contributed by atoms with E-state index < -0.39 is 0 Å². The first-order valence-electron chi connectivity index (χ1n) is 14.1. The van der Waals surface area contributed by atoms with Gasteiger partial charge in [0.25, 0.3) is 0 Å². The Balaban J connectivity index is 1.50. The van der Waals surface area contributed by atoms with Gasteiger partial charge in [-0.25, -0.2) is 0 Å². The van der Waals surface area contributed by atoms with Crippen LogP contribution in [-0.2, 0) is 0 Å². The molecule has 0 bridgehead atoms. The second-order valence-corrected chi connectivity index (χ2v) is 10.8. The molecule has 0 aliphatic heterocycles. The molecule has 0 atom stereocenters. The largest absolute Gasteiger partial charge is 0.309 e. The van der Waals surface area contributed by atoms with E-state index in [2.05, 4.69) is 138 Å². The minimum absolute atomic E-state index is 1.01. The van der Waals surface area contributed by atoms with Crippen molar-refractivity contribution in [2.75, 3.05) is 0 Å². The molecule has 0 saturated heterocycles. The van der Waals surface area contributed by atoms with Crippen LogP contribution < -0.4 is 0 Å². The second kappa shape index (κ2) is 8.51. The van der Waals surface area contributed by atoms with E-state index in [1.807, 2.05) is 12.3 Å². The number of fused-ring (bicyclic) bond motifs is 12. The number of hydrogen-bond donors (Lipinski definition) is 0. The summed E-state index contributed by atoms with van der Waals surface area (Å²) in [5, 5.41) is 3.68. The zero-order chi connectivity index (χ0) is 26.9. The van der Waals surface area contributed by atoms with E-state index in [0.717, 1.165) is 10.9 Å². The summed E-state index contributed by atoms with van der Waals surface area (Å²) < 4.78 is 2.45. The van der Waals surface area contributed by atoms with Crippen LogP contribution in [-0.4, -0.2) is 9.55 Å². The van der Waals surface area contributed by atoms with Gasteiger partial charge in [-0.3, -0.25) is 4.98 Å². The van der Waals surface area contributed by atoms with Crippen LogP contribution in [0.25, 0.3) is 82.9 Å². The Morgan fingerprint density at radius 3 is 1.71 bits per heavy atom. The summed E-state index contributed by atoms with van der Waals surface area (Å²) in [4.78, 5) is 4.77. The highest BCUT2D eigenvalue weighted by molar-refractivity contribution is 6.12. The van der Waals surface area contributed by atoms with Crippen LogP contribution in [0.5, 0.6) is 0 Å². The van der Waals surface area contributed by atoms with Crippen molar-refractivity contribution in [1.29, 1.82) is 0 Å². The fraction of sp³-hybridized carbons (Fsp3) is 0. The molecule has 2 heteroatoms. The standard InChI is InChI=1S/C39H24N2/c1-2-14-28-26(12-1)27-13-3-4-17-31(27)39-32(34-24-35-25(23-33(28)34)11-10-22-40-35)18-9-21-38(39)41-36-19-7-5-15-29(36)30-16-6-8-20-37(30)41/h1-24H. The van der Waals surface area contributed by atoms with Crippen molar-refractivity contribution in [1.82, 2.24) is 9.55 Å². The highest BCUT2D eigenvalue weighted by Gasteiger charge is 2.25. The minimum Gasteiger partial charge on any atom is -0.309 e. The van der Waals surface area contributed by atoms with Gasteiger partial charge >= 0.3 is 0 Å². The fourth-order valence-corrected chi connectivity index (χ4v) is 6.87. The number of aromatic nitrogens is 2.